The van der Waals surface area contributed by atoms with Gasteiger partial charge in [-0.25, -0.2) is 8.78 Å². The van der Waals surface area contributed by atoms with Crippen molar-refractivity contribution in [1.82, 2.24) is 0 Å². The lowest BCUT2D eigenvalue weighted by Crippen LogP contribution is -2.31. The van der Waals surface area contributed by atoms with Crippen LogP contribution in [0.4, 0.5) is 8.78 Å². The van der Waals surface area contributed by atoms with Crippen molar-refractivity contribution in [3.63, 3.8) is 0 Å². The zero-order valence-electron chi connectivity index (χ0n) is 8.78. The van der Waals surface area contributed by atoms with E-state index in [9.17, 15) is 13.0 Å². The normalized spacial score (nSPS) is 14.8. The third kappa shape index (κ3) is 3.62. The lowest BCUT2D eigenvalue weighted by Gasteiger charge is -2.09. The van der Waals surface area contributed by atoms with Crippen LogP contribution in [-0.2, 0) is 15.5 Å². The molecule has 0 aliphatic rings. The molecule has 2 atom stereocenters. The van der Waals surface area contributed by atoms with Crippen LogP contribution in [0.25, 0.3) is 0 Å². The minimum absolute atomic E-state index is 0.152. The van der Waals surface area contributed by atoms with Gasteiger partial charge in [0.2, 0.25) is 0 Å². The molecule has 0 spiro atoms. The molecule has 0 heterocycles. The largest absolute Gasteiger partial charge is 0.383 e. The van der Waals surface area contributed by atoms with Crippen LogP contribution in [0.2, 0.25) is 0 Å². The van der Waals surface area contributed by atoms with E-state index in [1.165, 1.54) is 13.2 Å². The van der Waals surface area contributed by atoms with Crippen molar-refractivity contribution < 1.29 is 17.7 Å². The maximum absolute atomic E-state index is 12.9. The molecule has 0 bridgehead atoms. The Bertz CT molecular complexity index is 387. The molecule has 1 aromatic rings. The van der Waals surface area contributed by atoms with E-state index in [1.54, 1.807) is 0 Å². The fraction of sp³-hybridized carbons (Fsp3) is 0.400. The number of hydrogen-bond donors (Lipinski definition) is 1. The van der Waals surface area contributed by atoms with Crippen molar-refractivity contribution in [1.29, 1.82) is 0 Å². The molecule has 0 saturated carbocycles. The Kier molecular flexibility index (Phi) is 4.98. The summed E-state index contributed by atoms with van der Waals surface area (Å²) in [5.41, 5.74) is 5.60. The Morgan fingerprint density at radius 1 is 1.44 bits per heavy atom. The molecule has 0 fully saturated rings. The highest BCUT2D eigenvalue weighted by atomic mass is 32.2. The Hall–Kier alpha value is -0.850. The van der Waals surface area contributed by atoms with E-state index >= 15 is 0 Å². The fourth-order valence-electron chi connectivity index (χ4n) is 1.17. The standard InChI is InChI=1S/C10H13F2NO2S/c1-15-5-7(13)6-16(14)8-2-3-9(11)10(12)4-8/h2-4,7H,5-6,13H2,1H3. The van der Waals surface area contributed by atoms with Gasteiger partial charge in [-0.3, -0.25) is 4.21 Å². The molecule has 2 N–H and O–H groups in total. The smallest absolute Gasteiger partial charge is 0.160 e. The topological polar surface area (TPSA) is 52.3 Å². The molecule has 16 heavy (non-hydrogen) atoms. The first-order valence-corrected chi connectivity index (χ1v) is 5.94. The van der Waals surface area contributed by atoms with Gasteiger partial charge in [0.05, 0.1) is 17.4 Å². The molecular formula is C10H13F2NO2S. The van der Waals surface area contributed by atoms with Gasteiger partial charge >= 0.3 is 0 Å². The van der Waals surface area contributed by atoms with Gasteiger partial charge in [-0.15, -0.1) is 0 Å². The number of hydrogen-bond acceptors (Lipinski definition) is 3. The van der Waals surface area contributed by atoms with Crippen molar-refractivity contribution in [2.45, 2.75) is 10.9 Å². The number of ether oxygens (including phenoxy) is 1. The second kappa shape index (κ2) is 6.03. The highest BCUT2D eigenvalue weighted by molar-refractivity contribution is 7.85. The Morgan fingerprint density at radius 3 is 2.69 bits per heavy atom. The van der Waals surface area contributed by atoms with E-state index in [-0.39, 0.29) is 23.3 Å². The van der Waals surface area contributed by atoms with Crippen LogP contribution in [-0.4, -0.2) is 29.7 Å². The SMILES string of the molecule is COCC(N)CS(=O)c1ccc(F)c(F)c1. The third-order valence-electron chi connectivity index (χ3n) is 1.90. The van der Waals surface area contributed by atoms with E-state index < -0.39 is 22.4 Å². The van der Waals surface area contributed by atoms with E-state index in [4.69, 9.17) is 10.5 Å². The summed E-state index contributed by atoms with van der Waals surface area (Å²) in [6, 6.07) is 2.77. The zero-order valence-corrected chi connectivity index (χ0v) is 9.60. The fourth-order valence-corrected chi connectivity index (χ4v) is 2.30. The van der Waals surface area contributed by atoms with Gasteiger partial charge in [-0.05, 0) is 18.2 Å². The number of rotatable bonds is 5. The van der Waals surface area contributed by atoms with Crippen LogP contribution in [0.1, 0.15) is 0 Å². The summed E-state index contributed by atoms with van der Waals surface area (Å²) in [6.07, 6.45) is 0. The second-order valence-corrected chi connectivity index (χ2v) is 4.80. The molecule has 90 valence electrons. The first-order valence-electron chi connectivity index (χ1n) is 4.62. The average molecular weight is 249 g/mol. The molecule has 0 aromatic heterocycles. The molecule has 0 amide bonds. The highest BCUT2D eigenvalue weighted by Crippen LogP contribution is 2.12. The third-order valence-corrected chi connectivity index (χ3v) is 3.41. The zero-order chi connectivity index (χ0) is 12.1. The first kappa shape index (κ1) is 13.2. The molecule has 1 aromatic carbocycles. The lowest BCUT2D eigenvalue weighted by atomic mass is 10.3. The van der Waals surface area contributed by atoms with Gasteiger partial charge in [0, 0.05) is 23.8 Å². The summed E-state index contributed by atoms with van der Waals surface area (Å²) in [6.45, 7) is 0.273. The molecule has 0 radical (unpaired) electrons. The number of nitrogens with two attached hydrogens (primary N) is 1. The van der Waals surface area contributed by atoms with Crippen molar-refractivity contribution in [3.05, 3.63) is 29.8 Å². The maximum Gasteiger partial charge on any atom is 0.160 e. The number of benzene rings is 1. The molecule has 2 unspecified atom stereocenters. The number of methoxy groups -OCH3 is 1. The summed E-state index contributed by atoms with van der Waals surface area (Å²) in [5, 5.41) is 0. The van der Waals surface area contributed by atoms with Crippen molar-refractivity contribution in [2.75, 3.05) is 19.5 Å². The van der Waals surface area contributed by atoms with Gasteiger partial charge in [0.25, 0.3) is 0 Å². The van der Waals surface area contributed by atoms with Gasteiger partial charge in [0.1, 0.15) is 0 Å². The van der Waals surface area contributed by atoms with Crippen molar-refractivity contribution in [2.24, 2.45) is 5.73 Å². The number of halogens is 2. The van der Waals surface area contributed by atoms with Crippen LogP contribution in [0.15, 0.2) is 23.1 Å². The molecule has 0 aliphatic carbocycles. The minimum atomic E-state index is -1.45. The second-order valence-electron chi connectivity index (χ2n) is 3.30. The van der Waals surface area contributed by atoms with Gasteiger partial charge in [-0.1, -0.05) is 0 Å². The van der Waals surface area contributed by atoms with Gasteiger partial charge < -0.3 is 10.5 Å². The van der Waals surface area contributed by atoms with E-state index in [2.05, 4.69) is 0 Å². The van der Waals surface area contributed by atoms with E-state index in [0.717, 1.165) is 12.1 Å². The predicted molar refractivity (Wildman–Crippen MR) is 57.5 cm³/mol. The molecule has 1 rings (SSSR count). The van der Waals surface area contributed by atoms with Crippen molar-refractivity contribution >= 4 is 10.8 Å². The summed E-state index contributed by atoms with van der Waals surface area (Å²) in [5.74, 6) is -1.81. The van der Waals surface area contributed by atoms with E-state index in [0.29, 0.717) is 0 Å². The summed E-state index contributed by atoms with van der Waals surface area (Å²) in [4.78, 5) is 0.227. The molecule has 6 heteroatoms. The molecule has 3 nitrogen and oxygen atoms in total. The summed E-state index contributed by atoms with van der Waals surface area (Å²) in [7, 11) is 0.0413. The Labute approximate surface area is 95.0 Å². The van der Waals surface area contributed by atoms with Crippen molar-refractivity contribution in [3.8, 4) is 0 Å². The van der Waals surface area contributed by atoms with Gasteiger partial charge in [0.15, 0.2) is 11.6 Å². The predicted octanol–water partition coefficient (Wildman–Crippen LogP) is 1.05. The first-order chi connectivity index (χ1) is 7.54. The van der Waals surface area contributed by atoms with Crippen LogP contribution < -0.4 is 5.73 Å². The van der Waals surface area contributed by atoms with Crippen LogP contribution in [0, 0.1) is 11.6 Å². The monoisotopic (exact) mass is 249 g/mol. The van der Waals surface area contributed by atoms with Crippen LogP contribution in [0.5, 0.6) is 0 Å². The van der Waals surface area contributed by atoms with Crippen LogP contribution >= 0.6 is 0 Å². The Morgan fingerprint density at radius 2 is 2.12 bits per heavy atom. The average Bonchev–Trinajstić information content (AvgIpc) is 2.22. The van der Waals surface area contributed by atoms with E-state index in [1.807, 2.05) is 0 Å². The summed E-state index contributed by atoms with van der Waals surface area (Å²) >= 11 is 0. The maximum atomic E-state index is 12.9. The molecule has 0 saturated heterocycles. The summed E-state index contributed by atoms with van der Waals surface area (Å²) < 4.78 is 42.0. The minimum Gasteiger partial charge on any atom is -0.383 e. The molecule has 0 aliphatic heterocycles. The van der Waals surface area contributed by atoms with Crippen LogP contribution in [0.3, 0.4) is 0 Å². The Balaban J connectivity index is 2.69. The quantitative estimate of drug-likeness (QED) is 0.848. The molecular weight excluding hydrogens is 236 g/mol. The van der Waals surface area contributed by atoms with Gasteiger partial charge in [-0.2, -0.15) is 0 Å². The lowest BCUT2D eigenvalue weighted by molar-refractivity contribution is 0.186. The highest BCUT2D eigenvalue weighted by Gasteiger charge is 2.12.